The third-order valence-electron chi connectivity index (χ3n) is 3.19. The summed E-state index contributed by atoms with van der Waals surface area (Å²) in [5.74, 6) is 0.190. The van der Waals surface area contributed by atoms with Crippen molar-refractivity contribution in [3.63, 3.8) is 0 Å². The van der Waals surface area contributed by atoms with Gasteiger partial charge >= 0.3 is 0 Å². The van der Waals surface area contributed by atoms with Gasteiger partial charge in [-0.2, -0.15) is 4.31 Å². The van der Waals surface area contributed by atoms with E-state index in [4.69, 9.17) is 5.73 Å². The van der Waals surface area contributed by atoms with E-state index in [2.05, 4.69) is 4.98 Å². The van der Waals surface area contributed by atoms with Gasteiger partial charge in [0.15, 0.2) is 0 Å². The first-order valence-electron chi connectivity index (χ1n) is 5.71. The number of rotatable bonds is 2. The monoisotopic (exact) mass is 255 g/mol. The van der Waals surface area contributed by atoms with Gasteiger partial charge in [0.25, 0.3) is 0 Å². The van der Waals surface area contributed by atoms with Gasteiger partial charge in [-0.1, -0.05) is 6.92 Å². The maximum Gasteiger partial charge on any atom is 0.245 e. The van der Waals surface area contributed by atoms with Gasteiger partial charge in [-0.05, 0) is 30.9 Å². The summed E-state index contributed by atoms with van der Waals surface area (Å²) >= 11 is 0. The molecular formula is C11H17N3O2S. The second kappa shape index (κ2) is 4.72. The average molecular weight is 255 g/mol. The highest BCUT2D eigenvalue weighted by atomic mass is 32.2. The first kappa shape index (κ1) is 12.5. The lowest BCUT2D eigenvalue weighted by molar-refractivity contribution is 0.192. The van der Waals surface area contributed by atoms with Gasteiger partial charge in [0, 0.05) is 18.9 Å². The van der Waals surface area contributed by atoms with Gasteiger partial charge in [-0.15, -0.1) is 0 Å². The molecule has 2 N–H and O–H groups in total. The Balaban J connectivity index is 2.33. The lowest BCUT2D eigenvalue weighted by Gasteiger charge is -2.36. The SMILES string of the molecule is CC1CCCN(S(=O)(=O)c2cccnc2)C1N. The van der Waals surface area contributed by atoms with E-state index in [0.717, 1.165) is 12.8 Å². The topological polar surface area (TPSA) is 76.3 Å². The minimum atomic E-state index is -3.50. The average Bonchev–Trinajstić information content (AvgIpc) is 2.33. The Kier molecular flexibility index (Phi) is 3.46. The Hall–Kier alpha value is -0.980. The predicted octanol–water partition coefficient (Wildman–Crippen LogP) is 0.787. The molecule has 17 heavy (non-hydrogen) atoms. The Morgan fingerprint density at radius 3 is 2.94 bits per heavy atom. The quantitative estimate of drug-likeness (QED) is 0.847. The molecule has 1 aliphatic rings. The number of hydrogen-bond acceptors (Lipinski definition) is 4. The molecule has 0 saturated carbocycles. The minimum Gasteiger partial charge on any atom is -0.315 e. The fourth-order valence-electron chi connectivity index (χ4n) is 2.09. The van der Waals surface area contributed by atoms with E-state index in [1.54, 1.807) is 18.3 Å². The zero-order valence-electron chi connectivity index (χ0n) is 9.78. The molecule has 2 atom stereocenters. The van der Waals surface area contributed by atoms with E-state index in [1.807, 2.05) is 6.92 Å². The Bertz CT molecular complexity index is 475. The minimum absolute atomic E-state index is 0.190. The molecule has 1 saturated heterocycles. The molecule has 2 unspecified atom stereocenters. The van der Waals surface area contributed by atoms with Crippen LogP contribution in [0.2, 0.25) is 0 Å². The van der Waals surface area contributed by atoms with E-state index < -0.39 is 16.2 Å². The maximum absolute atomic E-state index is 12.3. The summed E-state index contributed by atoms with van der Waals surface area (Å²) in [5.41, 5.74) is 5.97. The summed E-state index contributed by atoms with van der Waals surface area (Å²) in [4.78, 5) is 4.06. The fraction of sp³-hybridized carbons (Fsp3) is 0.545. The van der Waals surface area contributed by atoms with Crippen LogP contribution in [-0.4, -0.2) is 30.4 Å². The number of pyridine rings is 1. The van der Waals surface area contributed by atoms with E-state index in [1.165, 1.54) is 10.5 Å². The summed E-state index contributed by atoms with van der Waals surface area (Å²) in [5, 5.41) is 0. The van der Waals surface area contributed by atoms with E-state index in [9.17, 15) is 8.42 Å². The third-order valence-corrected chi connectivity index (χ3v) is 5.08. The summed E-state index contributed by atoms with van der Waals surface area (Å²) in [6, 6.07) is 3.17. The van der Waals surface area contributed by atoms with Crippen LogP contribution in [-0.2, 0) is 10.0 Å². The molecule has 0 aromatic carbocycles. The highest BCUT2D eigenvalue weighted by Crippen LogP contribution is 2.25. The van der Waals surface area contributed by atoms with Crippen LogP contribution in [0.3, 0.4) is 0 Å². The highest BCUT2D eigenvalue weighted by Gasteiger charge is 2.34. The number of sulfonamides is 1. The number of nitrogens with zero attached hydrogens (tertiary/aromatic N) is 2. The van der Waals surface area contributed by atoms with Gasteiger partial charge in [0.1, 0.15) is 4.90 Å². The predicted molar refractivity (Wildman–Crippen MR) is 64.5 cm³/mol. The highest BCUT2D eigenvalue weighted by molar-refractivity contribution is 7.89. The molecule has 0 radical (unpaired) electrons. The van der Waals surface area contributed by atoms with Crippen LogP contribution in [0, 0.1) is 5.92 Å². The van der Waals surface area contributed by atoms with Crippen molar-refractivity contribution in [1.82, 2.24) is 9.29 Å². The Morgan fingerprint density at radius 2 is 2.29 bits per heavy atom. The normalized spacial score (nSPS) is 26.9. The van der Waals surface area contributed by atoms with Crippen LogP contribution >= 0.6 is 0 Å². The summed E-state index contributed by atoms with van der Waals surface area (Å²) in [6.45, 7) is 2.47. The number of aromatic nitrogens is 1. The molecule has 2 rings (SSSR count). The van der Waals surface area contributed by atoms with Crippen molar-refractivity contribution in [2.45, 2.75) is 30.8 Å². The molecule has 0 aliphatic carbocycles. The summed E-state index contributed by atoms with van der Waals surface area (Å²) in [7, 11) is -3.50. The van der Waals surface area contributed by atoms with Crippen LogP contribution in [0.25, 0.3) is 0 Å². The molecule has 0 amide bonds. The van der Waals surface area contributed by atoms with Crippen molar-refractivity contribution in [2.24, 2.45) is 11.7 Å². The second-order valence-electron chi connectivity index (χ2n) is 4.41. The van der Waals surface area contributed by atoms with Gasteiger partial charge in [0.05, 0.1) is 6.17 Å². The summed E-state index contributed by atoms with van der Waals surface area (Å²) < 4.78 is 26.1. The van der Waals surface area contributed by atoms with E-state index >= 15 is 0 Å². The van der Waals surface area contributed by atoms with Crippen molar-refractivity contribution < 1.29 is 8.42 Å². The molecule has 2 heterocycles. The van der Waals surface area contributed by atoms with Crippen LogP contribution in [0.4, 0.5) is 0 Å². The molecular weight excluding hydrogens is 238 g/mol. The van der Waals surface area contributed by atoms with Crippen LogP contribution in [0.1, 0.15) is 19.8 Å². The molecule has 1 aromatic rings. The zero-order valence-corrected chi connectivity index (χ0v) is 10.6. The molecule has 1 aromatic heterocycles. The lowest BCUT2D eigenvalue weighted by Crippen LogP contribution is -2.52. The zero-order chi connectivity index (χ0) is 12.5. The third kappa shape index (κ3) is 2.34. The van der Waals surface area contributed by atoms with Gasteiger partial charge in [-0.3, -0.25) is 4.98 Å². The molecule has 94 valence electrons. The van der Waals surface area contributed by atoms with E-state index in [0.29, 0.717) is 6.54 Å². The number of piperidine rings is 1. The van der Waals surface area contributed by atoms with Crippen molar-refractivity contribution in [3.05, 3.63) is 24.5 Å². The Labute approximate surface area is 102 Å². The van der Waals surface area contributed by atoms with Crippen molar-refractivity contribution in [1.29, 1.82) is 0 Å². The molecule has 0 bridgehead atoms. The molecule has 1 aliphatic heterocycles. The van der Waals surface area contributed by atoms with Crippen molar-refractivity contribution in [2.75, 3.05) is 6.54 Å². The van der Waals surface area contributed by atoms with Crippen LogP contribution < -0.4 is 5.73 Å². The van der Waals surface area contributed by atoms with Crippen LogP contribution in [0.5, 0.6) is 0 Å². The van der Waals surface area contributed by atoms with E-state index in [-0.39, 0.29) is 10.8 Å². The largest absolute Gasteiger partial charge is 0.315 e. The molecule has 6 heteroatoms. The lowest BCUT2D eigenvalue weighted by atomic mass is 9.99. The smallest absolute Gasteiger partial charge is 0.245 e. The summed E-state index contributed by atoms with van der Waals surface area (Å²) in [6.07, 6.45) is 4.31. The standard InChI is InChI=1S/C11H17N3O2S/c1-9-4-3-7-14(11(9)12)17(15,16)10-5-2-6-13-8-10/h2,5-6,8-9,11H,3-4,7,12H2,1H3. The van der Waals surface area contributed by atoms with Gasteiger partial charge in [-0.25, -0.2) is 8.42 Å². The molecule has 0 spiro atoms. The van der Waals surface area contributed by atoms with Gasteiger partial charge < -0.3 is 5.73 Å². The Morgan fingerprint density at radius 1 is 1.53 bits per heavy atom. The van der Waals surface area contributed by atoms with Gasteiger partial charge in [0.2, 0.25) is 10.0 Å². The second-order valence-corrected chi connectivity index (χ2v) is 6.31. The first-order valence-corrected chi connectivity index (χ1v) is 7.15. The first-order chi connectivity index (χ1) is 8.03. The number of nitrogens with two attached hydrogens (primary N) is 1. The van der Waals surface area contributed by atoms with Crippen molar-refractivity contribution >= 4 is 10.0 Å². The molecule has 5 nitrogen and oxygen atoms in total. The maximum atomic E-state index is 12.3. The molecule has 1 fully saturated rings. The van der Waals surface area contributed by atoms with Crippen LogP contribution in [0.15, 0.2) is 29.4 Å². The number of hydrogen-bond donors (Lipinski definition) is 1. The van der Waals surface area contributed by atoms with Crippen molar-refractivity contribution in [3.8, 4) is 0 Å². The fourth-order valence-corrected chi connectivity index (χ4v) is 3.70.